The van der Waals surface area contributed by atoms with Crippen LogP contribution in [-0.4, -0.2) is 29.6 Å². The molecule has 136 valence electrons. The minimum Gasteiger partial charge on any atom is -0.508 e. The van der Waals surface area contributed by atoms with Crippen molar-refractivity contribution in [1.82, 2.24) is 4.90 Å². The van der Waals surface area contributed by atoms with E-state index in [2.05, 4.69) is 24.8 Å². The maximum absolute atomic E-state index is 9.81. The van der Waals surface area contributed by atoms with E-state index in [-0.39, 0.29) is 17.8 Å². The van der Waals surface area contributed by atoms with Gasteiger partial charge in [0.25, 0.3) is 0 Å². The van der Waals surface area contributed by atoms with E-state index in [1.807, 2.05) is 12.1 Å². The lowest BCUT2D eigenvalue weighted by Gasteiger charge is -2.45. The maximum Gasteiger partial charge on any atom is 0.115 e. The quantitative estimate of drug-likeness (QED) is 0.786. The molecule has 1 aromatic carbocycles. The van der Waals surface area contributed by atoms with Gasteiger partial charge in [-0.1, -0.05) is 58.1 Å². The molecule has 24 heavy (non-hydrogen) atoms. The van der Waals surface area contributed by atoms with Crippen molar-refractivity contribution in [1.29, 1.82) is 0 Å². The number of halogens is 1. The van der Waals surface area contributed by atoms with Crippen LogP contribution in [0, 0.1) is 11.8 Å². The predicted octanol–water partition coefficient (Wildman–Crippen LogP) is 5.38. The lowest BCUT2D eigenvalue weighted by Crippen LogP contribution is -2.47. The van der Waals surface area contributed by atoms with Crippen LogP contribution in [0.4, 0.5) is 0 Å². The van der Waals surface area contributed by atoms with E-state index in [0.29, 0.717) is 11.7 Å². The van der Waals surface area contributed by atoms with Crippen LogP contribution in [0.25, 0.3) is 0 Å². The minimum atomic E-state index is 0. The second-order valence-corrected chi connectivity index (χ2v) is 8.21. The normalized spacial score (nSPS) is 29.2. The average molecular weight is 352 g/mol. The van der Waals surface area contributed by atoms with Crippen LogP contribution in [0.2, 0.25) is 0 Å². The molecule has 1 aliphatic carbocycles. The zero-order valence-corrected chi connectivity index (χ0v) is 16.2. The molecule has 0 bridgehead atoms. The number of piperidine rings is 1. The SMILES string of the molecule is C[C@H]1CN(CCC2CCCCC2)CC[C@@]1(C)c1cccc(O)c1.Cl. The van der Waals surface area contributed by atoms with Crippen molar-refractivity contribution in [2.45, 2.75) is 64.2 Å². The van der Waals surface area contributed by atoms with Crippen molar-refractivity contribution >= 4 is 12.4 Å². The first-order chi connectivity index (χ1) is 11.1. The van der Waals surface area contributed by atoms with Gasteiger partial charge < -0.3 is 10.0 Å². The second-order valence-electron chi connectivity index (χ2n) is 8.21. The Bertz CT molecular complexity index is 514. The van der Waals surface area contributed by atoms with Crippen molar-refractivity contribution in [2.24, 2.45) is 11.8 Å². The molecule has 1 heterocycles. The fraction of sp³-hybridized carbons (Fsp3) is 0.714. The van der Waals surface area contributed by atoms with E-state index in [0.717, 1.165) is 5.92 Å². The van der Waals surface area contributed by atoms with Crippen LogP contribution < -0.4 is 0 Å². The van der Waals surface area contributed by atoms with Gasteiger partial charge in [-0.15, -0.1) is 12.4 Å². The molecular formula is C21H34ClNO. The zero-order valence-electron chi connectivity index (χ0n) is 15.3. The Morgan fingerprint density at radius 2 is 1.96 bits per heavy atom. The Hall–Kier alpha value is -0.730. The average Bonchev–Trinajstić information content (AvgIpc) is 2.57. The molecule has 2 nitrogen and oxygen atoms in total. The first-order valence-corrected chi connectivity index (χ1v) is 9.60. The molecular weight excluding hydrogens is 318 g/mol. The summed E-state index contributed by atoms with van der Waals surface area (Å²) in [5, 5.41) is 9.81. The first kappa shape index (κ1) is 19.6. The molecule has 1 saturated heterocycles. The third-order valence-corrected chi connectivity index (χ3v) is 6.65. The van der Waals surface area contributed by atoms with E-state index in [4.69, 9.17) is 0 Å². The molecule has 3 heteroatoms. The molecule has 2 aliphatic rings. The van der Waals surface area contributed by atoms with Crippen molar-refractivity contribution in [3.05, 3.63) is 29.8 Å². The highest BCUT2D eigenvalue weighted by molar-refractivity contribution is 5.85. The number of hydrogen-bond donors (Lipinski definition) is 1. The van der Waals surface area contributed by atoms with Gasteiger partial charge in [0.2, 0.25) is 0 Å². The van der Waals surface area contributed by atoms with Crippen LogP contribution in [0.5, 0.6) is 5.75 Å². The molecule has 1 N–H and O–H groups in total. The van der Waals surface area contributed by atoms with Crippen molar-refractivity contribution in [2.75, 3.05) is 19.6 Å². The van der Waals surface area contributed by atoms with Crippen molar-refractivity contribution < 1.29 is 5.11 Å². The molecule has 0 spiro atoms. The summed E-state index contributed by atoms with van der Waals surface area (Å²) in [4.78, 5) is 2.68. The lowest BCUT2D eigenvalue weighted by molar-refractivity contribution is 0.103. The maximum atomic E-state index is 9.81. The Morgan fingerprint density at radius 1 is 1.21 bits per heavy atom. The smallest absolute Gasteiger partial charge is 0.115 e. The van der Waals surface area contributed by atoms with E-state index < -0.39 is 0 Å². The van der Waals surface area contributed by atoms with Crippen LogP contribution in [0.1, 0.15) is 64.4 Å². The van der Waals surface area contributed by atoms with Crippen LogP contribution in [0.15, 0.2) is 24.3 Å². The summed E-state index contributed by atoms with van der Waals surface area (Å²) in [5.74, 6) is 2.01. The number of benzene rings is 1. The summed E-state index contributed by atoms with van der Waals surface area (Å²) in [6.07, 6.45) is 9.89. The number of phenolic OH excluding ortho intramolecular Hbond substituents is 1. The van der Waals surface area contributed by atoms with Gasteiger partial charge in [-0.3, -0.25) is 0 Å². The fourth-order valence-electron chi connectivity index (χ4n) is 4.65. The number of phenols is 1. The minimum absolute atomic E-state index is 0. The Balaban J connectivity index is 0.00000208. The molecule has 0 unspecified atom stereocenters. The highest BCUT2D eigenvalue weighted by Crippen LogP contribution is 2.40. The van der Waals surface area contributed by atoms with Crippen molar-refractivity contribution in [3.8, 4) is 5.75 Å². The topological polar surface area (TPSA) is 23.5 Å². The lowest BCUT2D eigenvalue weighted by atomic mass is 9.68. The molecule has 0 amide bonds. The van der Waals surface area contributed by atoms with Gasteiger partial charge in [0.15, 0.2) is 0 Å². The van der Waals surface area contributed by atoms with Crippen LogP contribution >= 0.6 is 12.4 Å². The molecule has 3 rings (SSSR count). The summed E-state index contributed by atoms with van der Waals surface area (Å²) in [6, 6.07) is 7.91. The summed E-state index contributed by atoms with van der Waals surface area (Å²) < 4.78 is 0. The number of likely N-dealkylation sites (tertiary alicyclic amines) is 1. The predicted molar refractivity (Wildman–Crippen MR) is 104 cm³/mol. The highest BCUT2D eigenvalue weighted by Gasteiger charge is 2.38. The second kappa shape index (κ2) is 8.58. The van der Waals surface area contributed by atoms with Gasteiger partial charge in [0.05, 0.1) is 0 Å². The molecule has 2 atom stereocenters. The van der Waals surface area contributed by atoms with Gasteiger partial charge in [0.1, 0.15) is 5.75 Å². The third-order valence-electron chi connectivity index (χ3n) is 6.65. The van der Waals surface area contributed by atoms with Gasteiger partial charge in [-0.25, -0.2) is 0 Å². The molecule has 1 saturated carbocycles. The fourth-order valence-corrected chi connectivity index (χ4v) is 4.65. The summed E-state index contributed by atoms with van der Waals surface area (Å²) in [6.45, 7) is 8.44. The summed E-state index contributed by atoms with van der Waals surface area (Å²) >= 11 is 0. The standard InChI is InChI=1S/C21H33NO.ClH/c1-17-16-22(13-11-18-7-4-3-5-8-18)14-12-21(17,2)19-9-6-10-20(23)15-19;/h6,9-10,15,17-18,23H,3-5,7-8,11-14,16H2,1-2H3;1H/t17-,21+;/m0./s1. The number of aromatic hydroxyl groups is 1. The zero-order chi connectivity index (χ0) is 16.3. The molecule has 1 aliphatic heterocycles. The molecule has 1 aromatic rings. The van der Waals surface area contributed by atoms with E-state index in [1.54, 1.807) is 6.07 Å². The summed E-state index contributed by atoms with van der Waals surface area (Å²) in [7, 11) is 0. The van der Waals surface area contributed by atoms with E-state index in [9.17, 15) is 5.11 Å². The molecule has 2 fully saturated rings. The van der Waals surface area contributed by atoms with E-state index >= 15 is 0 Å². The molecule has 0 aromatic heterocycles. The van der Waals surface area contributed by atoms with Crippen LogP contribution in [-0.2, 0) is 5.41 Å². The Morgan fingerprint density at radius 3 is 2.62 bits per heavy atom. The monoisotopic (exact) mass is 351 g/mol. The molecule has 0 radical (unpaired) electrons. The first-order valence-electron chi connectivity index (χ1n) is 9.60. The van der Waals surface area contributed by atoms with Crippen LogP contribution in [0.3, 0.4) is 0 Å². The van der Waals surface area contributed by atoms with Gasteiger partial charge in [0, 0.05) is 6.54 Å². The number of hydrogen-bond acceptors (Lipinski definition) is 2. The van der Waals surface area contributed by atoms with Crippen molar-refractivity contribution in [3.63, 3.8) is 0 Å². The Kier molecular flexibility index (Phi) is 7.00. The Labute approximate surface area is 154 Å². The van der Waals surface area contributed by atoms with Gasteiger partial charge >= 0.3 is 0 Å². The number of nitrogens with zero attached hydrogens (tertiary/aromatic N) is 1. The number of rotatable bonds is 4. The van der Waals surface area contributed by atoms with Gasteiger partial charge in [-0.2, -0.15) is 0 Å². The summed E-state index contributed by atoms with van der Waals surface area (Å²) in [5.41, 5.74) is 1.50. The third kappa shape index (κ3) is 4.46. The van der Waals surface area contributed by atoms with E-state index in [1.165, 1.54) is 70.1 Å². The largest absolute Gasteiger partial charge is 0.508 e. The highest BCUT2D eigenvalue weighted by atomic mass is 35.5. The van der Waals surface area contributed by atoms with Gasteiger partial charge in [-0.05, 0) is 60.9 Å².